The van der Waals surface area contributed by atoms with Crippen molar-refractivity contribution in [2.45, 2.75) is 26.7 Å². The predicted octanol–water partition coefficient (Wildman–Crippen LogP) is 4.67. The zero-order valence-electron chi connectivity index (χ0n) is 15.2. The van der Waals surface area contributed by atoms with Crippen LogP contribution in [0.3, 0.4) is 0 Å². The molecule has 0 aliphatic carbocycles. The molecule has 0 saturated carbocycles. The van der Waals surface area contributed by atoms with Crippen LogP contribution in [0.1, 0.15) is 30.7 Å². The first-order chi connectivity index (χ1) is 12.1. The number of carbonyl (C=O) groups is 1. The average Bonchev–Trinajstić information content (AvgIpc) is 2.64. The number of allylic oxidation sites excluding steroid dienone is 3. The second-order valence-electron chi connectivity index (χ2n) is 6.07. The van der Waals surface area contributed by atoms with Crippen LogP contribution in [0, 0.1) is 5.92 Å². The van der Waals surface area contributed by atoms with E-state index < -0.39 is 0 Å². The normalized spacial score (nSPS) is 12.5. The number of benzene rings is 1. The Hall–Kier alpha value is -2.68. The topological polar surface area (TPSA) is 39.2 Å². The summed E-state index contributed by atoms with van der Waals surface area (Å²) in [5.74, 6) is 0.765. The Kier molecular flexibility index (Phi) is 6.70. The molecule has 0 aliphatic heterocycles. The van der Waals surface area contributed by atoms with Crippen molar-refractivity contribution in [3.05, 3.63) is 77.6 Å². The van der Waals surface area contributed by atoms with E-state index in [-0.39, 0.29) is 5.92 Å². The lowest BCUT2D eigenvalue weighted by molar-refractivity contribution is -0.104. The van der Waals surface area contributed by atoms with Gasteiger partial charge in [0.05, 0.1) is 7.11 Å². The molecule has 1 aromatic heterocycles. The lowest BCUT2D eigenvalue weighted by atomic mass is 9.83. The SMILES string of the molecule is C=C(C)C(Cc1ccccn1)/C(=C\C=O)c1ccc(CC)cc1OC. The Balaban J connectivity index is 2.49. The van der Waals surface area contributed by atoms with Crippen LogP contribution < -0.4 is 4.74 Å². The summed E-state index contributed by atoms with van der Waals surface area (Å²) in [7, 11) is 1.66. The number of hydrogen-bond donors (Lipinski definition) is 0. The second-order valence-corrected chi connectivity index (χ2v) is 6.07. The molecule has 0 saturated heterocycles. The maximum absolute atomic E-state index is 11.3. The third kappa shape index (κ3) is 4.66. The van der Waals surface area contributed by atoms with E-state index in [1.54, 1.807) is 19.4 Å². The quantitative estimate of drug-likeness (QED) is 0.400. The third-order valence-corrected chi connectivity index (χ3v) is 4.34. The summed E-state index contributed by atoms with van der Waals surface area (Å²) in [6.45, 7) is 8.23. The smallest absolute Gasteiger partial charge is 0.143 e. The molecular formula is C22H25NO2. The van der Waals surface area contributed by atoms with Crippen LogP contribution in [0.15, 0.2) is 60.8 Å². The van der Waals surface area contributed by atoms with Crippen molar-refractivity contribution >= 4 is 11.9 Å². The molecule has 0 N–H and O–H groups in total. The highest BCUT2D eigenvalue weighted by Gasteiger charge is 2.21. The molecule has 130 valence electrons. The molecule has 2 rings (SSSR count). The van der Waals surface area contributed by atoms with Crippen molar-refractivity contribution in [3.63, 3.8) is 0 Å². The average molecular weight is 335 g/mol. The number of methoxy groups -OCH3 is 1. The summed E-state index contributed by atoms with van der Waals surface area (Å²) in [6.07, 6.45) is 5.85. The van der Waals surface area contributed by atoms with Crippen LogP contribution in [0.2, 0.25) is 0 Å². The Morgan fingerprint density at radius 2 is 2.12 bits per heavy atom. The lowest BCUT2D eigenvalue weighted by Gasteiger charge is -2.22. The second kappa shape index (κ2) is 8.97. The zero-order valence-corrected chi connectivity index (χ0v) is 15.2. The van der Waals surface area contributed by atoms with Crippen molar-refractivity contribution in [1.29, 1.82) is 0 Å². The van der Waals surface area contributed by atoms with Gasteiger partial charge in [-0.15, -0.1) is 0 Å². The molecule has 0 spiro atoms. The minimum absolute atomic E-state index is 0.0125. The zero-order chi connectivity index (χ0) is 18.2. The van der Waals surface area contributed by atoms with Crippen molar-refractivity contribution in [2.24, 2.45) is 5.92 Å². The maximum Gasteiger partial charge on any atom is 0.143 e. The fourth-order valence-electron chi connectivity index (χ4n) is 2.94. The monoisotopic (exact) mass is 335 g/mol. The first-order valence-corrected chi connectivity index (χ1v) is 8.48. The van der Waals surface area contributed by atoms with E-state index >= 15 is 0 Å². The predicted molar refractivity (Wildman–Crippen MR) is 103 cm³/mol. The molecule has 0 bridgehead atoms. The molecule has 25 heavy (non-hydrogen) atoms. The van der Waals surface area contributed by atoms with Crippen LogP contribution in [0.5, 0.6) is 5.75 Å². The van der Waals surface area contributed by atoms with Crippen LogP contribution in [0.4, 0.5) is 0 Å². The van der Waals surface area contributed by atoms with Crippen molar-refractivity contribution in [2.75, 3.05) is 7.11 Å². The minimum atomic E-state index is -0.0125. The number of aryl methyl sites for hydroxylation is 1. The number of ether oxygens (including phenoxy) is 1. The Bertz CT molecular complexity index is 763. The fourth-order valence-corrected chi connectivity index (χ4v) is 2.94. The number of rotatable bonds is 8. The molecule has 1 atom stereocenters. The van der Waals surface area contributed by atoms with E-state index in [9.17, 15) is 4.79 Å². The summed E-state index contributed by atoms with van der Waals surface area (Å²) < 4.78 is 5.59. The van der Waals surface area contributed by atoms with Crippen LogP contribution in [-0.4, -0.2) is 18.4 Å². The van der Waals surface area contributed by atoms with E-state index in [0.29, 0.717) is 6.42 Å². The fraction of sp³-hybridized carbons (Fsp3) is 0.273. The number of aromatic nitrogens is 1. The summed E-state index contributed by atoms with van der Waals surface area (Å²) >= 11 is 0. The van der Waals surface area contributed by atoms with Crippen molar-refractivity contribution in [1.82, 2.24) is 4.98 Å². The molecule has 0 aliphatic rings. The first kappa shape index (κ1) is 18.7. The Morgan fingerprint density at radius 3 is 2.68 bits per heavy atom. The molecule has 3 heteroatoms. The van der Waals surface area contributed by atoms with E-state index in [4.69, 9.17) is 4.74 Å². The minimum Gasteiger partial charge on any atom is -0.496 e. The van der Waals surface area contributed by atoms with E-state index in [1.807, 2.05) is 37.3 Å². The molecule has 2 aromatic rings. The molecule has 0 radical (unpaired) electrons. The first-order valence-electron chi connectivity index (χ1n) is 8.48. The van der Waals surface area contributed by atoms with Crippen LogP contribution in [-0.2, 0) is 17.6 Å². The number of pyridine rings is 1. The molecule has 3 nitrogen and oxygen atoms in total. The number of nitrogens with zero attached hydrogens (tertiary/aromatic N) is 1. The molecule has 0 fully saturated rings. The molecular weight excluding hydrogens is 310 g/mol. The molecule has 1 aromatic carbocycles. The molecule has 1 unspecified atom stereocenters. The summed E-state index contributed by atoms with van der Waals surface area (Å²) in [4.78, 5) is 15.7. The highest BCUT2D eigenvalue weighted by atomic mass is 16.5. The maximum atomic E-state index is 11.3. The van der Waals surface area contributed by atoms with Crippen LogP contribution >= 0.6 is 0 Å². The summed E-state index contributed by atoms with van der Waals surface area (Å²) in [5, 5.41) is 0. The van der Waals surface area contributed by atoms with Gasteiger partial charge in [-0.1, -0.05) is 37.3 Å². The van der Waals surface area contributed by atoms with Gasteiger partial charge in [0.15, 0.2) is 0 Å². The highest BCUT2D eigenvalue weighted by molar-refractivity contribution is 5.85. The van der Waals surface area contributed by atoms with Gasteiger partial charge in [0.2, 0.25) is 0 Å². The van der Waals surface area contributed by atoms with Gasteiger partial charge in [-0.05, 0) is 48.8 Å². The number of aldehydes is 1. The number of hydrogen-bond acceptors (Lipinski definition) is 3. The van der Waals surface area contributed by atoms with Gasteiger partial charge in [0.25, 0.3) is 0 Å². The van der Waals surface area contributed by atoms with Gasteiger partial charge in [-0.3, -0.25) is 9.78 Å². The summed E-state index contributed by atoms with van der Waals surface area (Å²) in [5.41, 5.74) is 4.99. The molecule has 1 heterocycles. The summed E-state index contributed by atoms with van der Waals surface area (Å²) in [6, 6.07) is 12.0. The highest BCUT2D eigenvalue weighted by Crippen LogP contribution is 2.36. The van der Waals surface area contributed by atoms with Crippen molar-refractivity contribution < 1.29 is 9.53 Å². The van der Waals surface area contributed by atoms with E-state index in [2.05, 4.69) is 24.6 Å². The Morgan fingerprint density at radius 1 is 1.32 bits per heavy atom. The van der Waals surface area contributed by atoms with Crippen LogP contribution in [0.25, 0.3) is 5.57 Å². The van der Waals surface area contributed by atoms with Crippen molar-refractivity contribution in [3.8, 4) is 5.75 Å². The van der Waals surface area contributed by atoms with Gasteiger partial charge in [0, 0.05) is 29.8 Å². The van der Waals surface area contributed by atoms with Gasteiger partial charge in [0.1, 0.15) is 12.0 Å². The standard InChI is InChI=1S/C22H25NO2/c1-5-17-9-10-20(22(14-17)25-4)19(11-13-24)21(16(2)3)15-18-8-6-7-12-23-18/h6-14,21H,2,5,15H2,1,3-4H3/b19-11-. The van der Waals surface area contributed by atoms with Gasteiger partial charge in [-0.2, -0.15) is 0 Å². The van der Waals surface area contributed by atoms with Gasteiger partial charge >= 0.3 is 0 Å². The van der Waals surface area contributed by atoms with Gasteiger partial charge in [-0.25, -0.2) is 0 Å². The third-order valence-electron chi connectivity index (χ3n) is 4.34. The number of carbonyl (C=O) groups excluding carboxylic acids is 1. The largest absolute Gasteiger partial charge is 0.496 e. The lowest BCUT2D eigenvalue weighted by Crippen LogP contribution is -2.11. The van der Waals surface area contributed by atoms with E-state index in [1.165, 1.54) is 5.56 Å². The molecule has 0 amide bonds. The van der Waals surface area contributed by atoms with E-state index in [0.717, 1.165) is 40.9 Å². The van der Waals surface area contributed by atoms with Gasteiger partial charge < -0.3 is 4.74 Å². The Labute approximate surface area is 150 Å².